The lowest BCUT2D eigenvalue weighted by molar-refractivity contribution is -0.138. The summed E-state index contributed by atoms with van der Waals surface area (Å²) in [4.78, 5) is 35.8. The van der Waals surface area contributed by atoms with Crippen LogP contribution in [-0.2, 0) is 14.3 Å². The number of benzene rings is 2. The number of hydrogen-bond acceptors (Lipinski definition) is 5. The Kier molecular flexibility index (Phi) is 7.29. The maximum Gasteiger partial charge on any atom is 0.343 e. The fraction of sp³-hybridized carbons (Fsp3) is 0.150. The molecule has 2 N–H and O–H groups in total. The van der Waals surface area contributed by atoms with E-state index in [1.165, 1.54) is 32.0 Å². The van der Waals surface area contributed by atoms with Crippen LogP contribution in [0.15, 0.2) is 42.1 Å². The molecular formula is C20H16F4N2O4. The second-order valence-electron chi connectivity index (χ2n) is 5.86. The van der Waals surface area contributed by atoms with Crippen LogP contribution < -0.4 is 10.6 Å². The lowest BCUT2D eigenvalue weighted by Gasteiger charge is -2.10. The van der Waals surface area contributed by atoms with Gasteiger partial charge in [-0.1, -0.05) is 6.07 Å². The minimum atomic E-state index is -1.94. The Hall–Kier alpha value is -3.69. The number of Topliss-reactive ketones (excluding diaryl/α,β-unsaturated/α-hetero) is 1. The smallest absolute Gasteiger partial charge is 0.343 e. The van der Waals surface area contributed by atoms with Crippen molar-refractivity contribution in [1.29, 1.82) is 0 Å². The van der Waals surface area contributed by atoms with Crippen LogP contribution in [0.2, 0.25) is 0 Å². The molecule has 0 heterocycles. The van der Waals surface area contributed by atoms with Crippen LogP contribution in [0.4, 0.5) is 28.9 Å². The average Bonchev–Trinajstić information content (AvgIpc) is 2.67. The molecule has 0 aliphatic carbocycles. The van der Waals surface area contributed by atoms with Crippen LogP contribution in [-0.4, -0.2) is 24.3 Å². The fourth-order valence-electron chi connectivity index (χ4n) is 2.38. The molecule has 0 unspecified atom stereocenters. The van der Waals surface area contributed by atoms with Gasteiger partial charge in [0.05, 0.1) is 6.61 Å². The highest BCUT2D eigenvalue weighted by Crippen LogP contribution is 2.23. The number of ketones is 1. The zero-order chi connectivity index (χ0) is 22.4. The molecule has 0 saturated carbocycles. The van der Waals surface area contributed by atoms with Crippen molar-refractivity contribution >= 4 is 29.0 Å². The van der Waals surface area contributed by atoms with Crippen molar-refractivity contribution in [3.8, 4) is 0 Å². The maximum atomic E-state index is 14.0. The number of ether oxygens (including phenoxy) is 1. The third-order valence-electron chi connectivity index (χ3n) is 3.64. The number of esters is 1. The normalized spacial score (nSPS) is 11.1. The van der Waals surface area contributed by atoms with E-state index in [2.05, 4.69) is 10.6 Å². The molecule has 2 rings (SSSR count). The Balaban J connectivity index is 2.46. The highest BCUT2D eigenvalue weighted by molar-refractivity contribution is 6.24. The molecule has 6 nitrogen and oxygen atoms in total. The molecule has 1 amide bonds. The molecule has 0 bridgehead atoms. The quantitative estimate of drug-likeness (QED) is 0.134. The first-order chi connectivity index (χ1) is 14.1. The van der Waals surface area contributed by atoms with E-state index in [0.717, 1.165) is 6.20 Å². The van der Waals surface area contributed by atoms with Crippen molar-refractivity contribution < 1.29 is 36.7 Å². The Labute approximate surface area is 168 Å². The minimum Gasteiger partial charge on any atom is -0.462 e. The Morgan fingerprint density at radius 1 is 1.00 bits per heavy atom. The number of anilines is 2. The summed E-state index contributed by atoms with van der Waals surface area (Å²) in [7, 11) is 0. The van der Waals surface area contributed by atoms with E-state index < -0.39 is 46.2 Å². The van der Waals surface area contributed by atoms with Gasteiger partial charge < -0.3 is 15.4 Å². The Morgan fingerprint density at radius 2 is 1.60 bits per heavy atom. The van der Waals surface area contributed by atoms with Crippen LogP contribution in [0.3, 0.4) is 0 Å². The largest absolute Gasteiger partial charge is 0.462 e. The first-order valence-corrected chi connectivity index (χ1v) is 8.54. The van der Waals surface area contributed by atoms with E-state index in [1.54, 1.807) is 6.07 Å². The molecule has 0 aliphatic heterocycles. The van der Waals surface area contributed by atoms with Crippen LogP contribution in [0.1, 0.15) is 24.2 Å². The lowest BCUT2D eigenvalue weighted by atomic mass is 10.0. The third kappa shape index (κ3) is 5.22. The molecule has 2 aromatic rings. The van der Waals surface area contributed by atoms with Crippen LogP contribution >= 0.6 is 0 Å². The van der Waals surface area contributed by atoms with Gasteiger partial charge in [-0.05, 0) is 25.1 Å². The van der Waals surface area contributed by atoms with Gasteiger partial charge in [-0.25, -0.2) is 22.4 Å². The Morgan fingerprint density at radius 3 is 2.17 bits per heavy atom. The molecule has 10 heteroatoms. The number of carbonyl (C=O) groups excluding carboxylic acids is 3. The topological polar surface area (TPSA) is 84.5 Å². The summed E-state index contributed by atoms with van der Waals surface area (Å²) in [6.45, 7) is 2.54. The summed E-state index contributed by atoms with van der Waals surface area (Å²) in [5.74, 6) is -10.7. The monoisotopic (exact) mass is 424 g/mol. The van der Waals surface area contributed by atoms with Crippen molar-refractivity contribution in [2.75, 3.05) is 17.2 Å². The van der Waals surface area contributed by atoms with Gasteiger partial charge in [0.15, 0.2) is 23.3 Å². The van der Waals surface area contributed by atoms with Gasteiger partial charge in [0.1, 0.15) is 11.1 Å². The van der Waals surface area contributed by atoms with Crippen molar-refractivity contribution in [1.82, 2.24) is 0 Å². The summed E-state index contributed by atoms with van der Waals surface area (Å²) >= 11 is 0. The molecule has 2 aromatic carbocycles. The van der Waals surface area contributed by atoms with Gasteiger partial charge in [0, 0.05) is 30.6 Å². The lowest BCUT2D eigenvalue weighted by Crippen LogP contribution is -2.21. The molecule has 0 saturated heterocycles. The highest BCUT2D eigenvalue weighted by Gasteiger charge is 2.30. The maximum absolute atomic E-state index is 14.0. The zero-order valence-corrected chi connectivity index (χ0v) is 15.8. The number of rotatable bonds is 7. The summed E-state index contributed by atoms with van der Waals surface area (Å²) in [6, 6.07) is 5.98. The molecule has 0 aliphatic rings. The first kappa shape index (κ1) is 22.6. The molecule has 30 heavy (non-hydrogen) atoms. The average molecular weight is 424 g/mol. The van der Waals surface area contributed by atoms with Crippen LogP contribution in [0.5, 0.6) is 0 Å². The molecule has 0 atom stereocenters. The van der Waals surface area contributed by atoms with Crippen LogP contribution in [0, 0.1) is 23.3 Å². The standard InChI is InChI=1S/C20H16F4N2O4/c1-3-30-20(29)13(9-25-11-5-4-6-12(7-11)26-10(2)27)19(28)16-17(23)14(21)8-15(22)18(16)24/h4-9,25H,3H2,1-2H3,(H,26,27)/b13-9+. The molecular weight excluding hydrogens is 408 g/mol. The number of amides is 1. The van der Waals surface area contributed by atoms with Gasteiger partial charge in [0.25, 0.3) is 0 Å². The van der Waals surface area contributed by atoms with Crippen molar-refractivity contribution in [3.05, 3.63) is 70.9 Å². The van der Waals surface area contributed by atoms with Crippen molar-refractivity contribution in [2.45, 2.75) is 13.8 Å². The predicted molar refractivity (Wildman–Crippen MR) is 99.7 cm³/mol. The first-order valence-electron chi connectivity index (χ1n) is 8.54. The number of carbonyl (C=O) groups is 3. The van der Waals surface area contributed by atoms with Gasteiger partial charge in [-0.3, -0.25) is 9.59 Å². The second-order valence-corrected chi connectivity index (χ2v) is 5.86. The van der Waals surface area contributed by atoms with E-state index in [9.17, 15) is 31.9 Å². The van der Waals surface area contributed by atoms with E-state index in [1.807, 2.05) is 0 Å². The number of nitrogens with one attached hydrogen (secondary N) is 2. The minimum absolute atomic E-state index is 0.0546. The van der Waals surface area contributed by atoms with Gasteiger partial charge in [-0.15, -0.1) is 0 Å². The SMILES string of the molecule is CCOC(=O)/C(=C/Nc1cccc(NC(C)=O)c1)C(=O)c1c(F)c(F)cc(F)c1F. The molecule has 158 valence electrons. The molecule has 0 aromatic heterocycles. The summed E-state index contributed by atoms with van der Waals surface area (Å²) in [5, 5.41) is 5.06. The van der Waals surface area contributed by atoms with Gasteiger partial charge in [0.2, 0.25) is 11.7 Å². The summed E-state index contributed by atoms with van der Waals surface area (Å²) < 4.78 is 59.6. The second kappa shape index (κ2) is 9.68. The van der Waals surface area contributed by atoms with Crippen LogP contribution in [0.25, 0.3) is 0 Å². The zero-order valence-electron chi connectivity index (χ0n) is 15.8. The molecule has 0 fully saturated rings. The van der Waals surface area contributed by atoms with Gasteiger partial charge >= 0.3 is 5.97 Å². The summed E-state index contributed by atoms with van der Waals surface area (Å²) in [6.07, 6.45) is 0.787. The van der Waals surface area contributed by atoms with Crippen molar-refractivity contribution in [3.63, 3.8) is 0 Å². The van der Waals surface area contributed by atoms with E-state index in [0.29, 0.717) is 5.69 Å². The van der Waals surface area contributed by atoms with E-state index in [-0.39, 0.29) is 24.3 Å². The van der Waals surface area contributed by atoms with E-state index >= 15 is 0 Å². The van der Waals surface area contributed by atoms with Crippen molar-refractivity contribution in [2.24, 2.45) is 0 Å². The molecule has 0 radical (unpaired) electrons. The van der Waals surface area contributed by atoms with E-state index in [4.69, 9.17) is 4.74 Å². The summed E-state index contributed by atoms with van der Waals surface area (Å²) in [5.41, 5.74) is -1.80. The van der Waals surface area contributed by atoms with Gasteiger partial charge in [-0.2, -0.15) is 0 Å². The predicted octanol–water partition coefficient (Wildman–Crippen LogP) is 3.94. The Bertz CT molecular complexity index is 1010. The highest BCUT2D eigenvalue weighted by atomic mass is 19.2. The number of halogens is 4. The molecule has 0 spiro atoms. The number of hydrogen-bond donors (Lipinski definition) is 2. The third-order valence-corrected chi connectivity index (χ3v) is 3.64. The fourth-order valence-corrected chi connectivity index (χ4v) is 2.38.